The van der Waals surface area contributed by atoms with Crippen LogP contribution in [-0.4, -0.2) is 36.6 Å². The van der Waals surface area contributed by atoms with Crippen molar-refractivity contribution in [3.63, 3.8) is 0 Å². The molecule has 5 heteroatoms. The van der Waals surface area contributed by atoms with Crippen LogP contribution in [0.3, 0.4) is 0 Å². The highest BCUT2D eigenvalue weighted by Gasteiger charge is 2.25. The number of nitrogens with zero attached hydrogens (tertiary/aromatic N) is 1. The Bertz CT molecular complexity index is 465. The zero-order valence-electron chi connectivity index (χ0n) is 11.1. The third kappa shape index (κ3) is 3.78. The smallest absolute Gasteiger partial charge is 0.219 e. The van der Waals surface area contributed by atoms with Gasteiger partial charge in [-0.2, -0.15) is 0 Å². The van der Waals surface area contributed by atoms with Crippen molar-refractivity contribution in [1.82, 2.24) is 4.90 Å². The van der Waals surface area contributed by atoms with Crippen LogP contribution < -0.4 is 5.73 Å². The van der Waals surface area contributed by atoms with E-state index in [1.165, 1.54) is 11.1 Å². The van der Waals surface area contributed by atoms with Gasteiger partial charge in [-0.15, -0.1) is 0 Å². The van der Waals surface area contributed by atoms with E-state index in [4.69, 9.17) is 10.5 Å². The van der Waals surface area contributed by atoms with Crippen LogP contribution in [0.2, 0.25) is 0 Å². The molecular weight excluding hydrogens is 308 g/mol. The monoisotopic (exact) mass is 326 g/mol. The molecule has 2 N–H and O–H groups in total. The molecule has 0 radical (unpaired) electrons. The van der Waals surface area contributed by atoms with Crippen molar-refractivity contribution in [3.05, 3.63) is 33.8 Å². The van der Waals surface area contributed by atoms with E-state index in [1.807, 2.05) is 0 Å². The quantitative estimate of drug-likeness (QED) is 0.918. The number of halogens is 1. The molecule has 1 aliphatic heterocycles. The molecule has 0 bridgehead atoms. The fraction of sp³-hybridized carbons (Fsp3) is 0.500. The minimum absolute atomic E-state index is 0.0821. The summed E-state index contributed by atoms with van der Waals surface area (Å²) in [5.41, 5.74) is 7.75. The van der Waals surface area contributed by atoms with E-state index in [9.17, 15) is 4.79 Å². The molecule has 104 valence electrons. The molecule has 1 unspecified atom stereocenters. The van der Waals surface area contributed by atoms with Gasteiger partial charge < -0.3 is 10.5 Å². The van der Waals surface area contributed by atoms with Crippen LogP contribution in [0, 0.1) is 6.92 Å². The van der Waals surface area contributed by atoms with Crippen LogP contribution in [0.25, 0.3) is 0 Å². The number of carbonyl (C=O) groups is 1. The average Bonchev–Trinajstić information content (AvgIpc) is 2.36. The summed E-state index contributed by atoms with van der Waals surface area (Å²) in [7, 11) is 0. The van der Waals surface area contributed by atoms with Gasteiger partial charge in [0.2, 0.25) is 5.91 Å². The minimum atomic E-state index is -0.274. The van der Waals surface area contributed by atoms with Gasteiger partial charge in [0.15, 0.2) is 0 Å². The van der Waals surface area contributed by atoms with Gasteiger partial charge >= 0.3 is 0 Å². The minimum Gasteiger partial charge on any atom is -0.378 e. The Hall–Kier alpha value is -0.910. The van der Waals surface area contributed by atoms with Crippen LogP contribution in [0.1, 0.15) is 17.5 Å². The fourth-order valence-electron chi connectivity index (χ4n) is 2.37. The molecule has 0 spiro atoms. The van der Waals surface area contributed by atoms with Crippen LogP contribution in [-0.2, 0) is 16.1 Å². The first kappa shape index (κ1) is 14.5. The lowest BCUT2D eigenvalue weighted by Crippen LogP contribution is -2.46. The number of hydrogen-bond acceptors (Lipinski definition) is 3. The summed E-state index contributed by atoms with van der Waals surface area (Å²) in [4.78, 5) is 13.4. The van der Waals surface area contributed by atoms with Crippen molar-refractivity contribution in [3.8, 4) is 0 Å². The molecule has 1 saturated heterocycles. The Morgan fingerprint density at radius 1 is 1.58 bits per heavy atom. The number of ether oxygens (including phenoxy) is 1. The van der Waals surface area contributed by atoms with E-state index in [2.05, 4.69) is 46.0 Å². The van der Waals surface area contributed by atoms with Crippen molar-refractivity contribution < 1.29 is 9.53 Å². The first-order valence-electron chi connectivity index (χ1n) is 6.42. The summed E-state index contributed by atoms with van der Waals surface area (Å²) in [6.45, 7) is 5.00. The van der Waals surface area contributed by atoms with Crippen molar-refractivity contribution in [2.24, 2.45) is 5.73 Å². The average molecular weight is 327 g/mol. The Morgan fingerprint density at radius 2 is 2.37 bits per heavy atom. The predicted molar refractivity (Wildman–Crippen MR) is 77.7 cm³/mol. The number of benzene rings is 1. The van der Waals surface area contributed by atoms with Crippen LogP contribution in [0.4, 0.5) is 0 Å². The van der Waals surface area contributed by atoms with E-state index in [0.29, 0.717) is 19.6 Å². The van der Waals surface area contributed by atoms with Gasteiger partial charge in [-0.25, -0.2) is 0 Å². The third-order valence-electron chi connectivity index (χ3n) is 3.43. The molecule has 1 aliphatic rings. The number of hydrogen-bond donors (Lipinski definition) is 1. The summed E-state index contributed by atoms with van der Waals surface area (Å²) in [6.07, 6.45) is 0.351. The summed E-state index contributed by atoms with van der Waals surface area (Å²) >= 11 is 3.63. The molecule has 1 aromatic rings. The van der Waals surface area contributed by atoms with E-state index in [0.717, 1.165) is 17.6 Å². The fourth-order valence-corrected chi connectivity index (χ4v) is 2.76. The topological polar surface area (TPSA) is 55.6 Å². The number of amides is 1. The second kappa shape index (κ2) is 6.50. The van der Waals surface area contributed by atoms with Gasteiger partial charge in [-0.05, 0) is 18.1 Å². The van der Waals surface area contributed by atoms with E-state index in [1.54, 1.807) is 0 Å². The highest BCUT2D eigenvalue weighted by Crippen LogP contribution is 2.24. The number of carbonyl (C=O) groups excluding carboxylic acids is 1. The van der Waals surface area contributed by atoms with Gasteiger partial charge in [0.25, 0.3) is 0 Å². The zero-order chi connectivity index (χ0) is 13.8. The first-order valence-corrected chi connectivity index (χ1v) is 7.21. The molecule has 0 aliphatic carbocycles. The molecule has 1 aromatic carbocycles. The third-order valence-corrected chi connectivity index (χ3v) is 4.57. The molecular formula is C14H19BrN2O2. The molecule has 1 amide bonds. The Balaban J connectivity index is 2.10. The molecule has 19 heavy (non-hydrogen) atoms. The Kier molecular flexibility index (Phi) is 4.96. The number of morpholine rings is 1. The van der Waals surface area contributed by atoms with Crippen LogP contribution >= 0.6 is 15.9 Å². The highest BCUT2D eigenvalue weighted by atomic mass is 79.9. The van der Waals surface area contributed by atoms with Crippen LogP contribution in [0.5, 0.6) is 0 Å². The maximum Gasteiger partial charge on any atom is 0.219 e. The number of rotatable bonds is 4. The standard InChI is InChI=1S/C14H19BrN2O2/c1-10-3-2-4-11(14(10)15)8-17-5-6-19-9-12(17)7-13(16)18/h2-4,12H,5-9H2,1H3,(H2,16,18). The molecule has 0 aromatic heterocycles. The Morgan fingerprint density at radius 3 is 3.11 bits per heavy atom. The SMILES string of the molecule is Cc1cccc(CN2CCOCC2CC(N)=O)c1Br. The number of nitrogens with two attached hydrogens (primary N) is 1. The predicted octanol–water partition coefficient (Wildman–Crippen LogP) is 1.83. The van der Waals surface area contributed by atoms with Crippen molar-refractivity contribution in [1.29, 1.82) is 0 Å². The first-order chi connectivity index (χ1) is 9.08. The van der Waals surface area contributed by atoms with Gasteiger partial charge in [0.1, 0.15) is 0 Å². The normalized spacial score (nSPS) is 20.4. The maximum absolute atomic E-state index is 11.1. The molecule has 0 saturated carbocycles. The molecule has 1 fully saturated rings. The second-order valence-corrected chi connectivity index (χ2v) is 5.71. The largest absolute Gasteiger partial charge is 0.378 e. The van der Waals surface area contributed by atoms with Crippen LogP contribution in [0.15, 0.2) is 22.7 Å². The van der Waals surface area contributed by atoms with E-state index < -0.39 is 0 Å². The van der Waals surface area contributed by atoms with Crippen molar-refractivity contribution >= 4 is 21.8 Å². The van der Waals surface area contributed by atoms with Gasteiger partial charge in [-0.3, -0.25) is 9.69 Å². The summed E-state index contributed by atoms with van der Waals surface area (Å²) < 4.78 is 6.58. The lowest BCUT2D eigenvalue weighted by Gasteiger charge is -2.35. The Labute approximate surface area is 122 Å². The molecule has 4 nitrogen and oxygen atoms in total. The van der Waals surface area contributed by atoms with Gasteiger partial charge in [0.05, 0.1) is 13.2 Å². The zero-order valence-corrected chi connectivity index (χ0v) is 12.6. The van der Waals surface area contributed by atoms with E-state index in [-0.39, 0.29) is 11.9 Å². The molecule has 2 rings (SSSR count). The van der Waals surface area contributed by atoms with Gasteiger partial charge in [0, 0.05) is 30.0 Å². The second-order valence-electron chi connectivity index (χ2n) is 4.92. The summed E-state index contributed by atoms with van der Waals surface area (Å²) in [5.74, 6) is -0.274. The molecule has 1 atom stereocenters. The van der Waals surface area contributed by atoms with Gasteiger partial charge in [-0.1, -0.05) is 34.1 Å². The van der Waals surface area contributed by atoms with E-state index >= 15 is 0 Å². The van der Waals surface area contributed by atoms with Crippen molar-refractivity contribution in [2.45, 2.75) is 25.9 Å². The molecule has 1 heterocycles. The lowest BCUT2D eigenvalue weighted by atomic mass is 10.1. The lowest BCUT2D eigenvalue weighted by molar-refractivity contribution is -0.121. The summed E-state index contributed by atoms with van der Waals surface area (Å²) in [6, 6.07) is 6.32. The maximum atomic E-state index is 11.1. The highest BCUT2D eigenvalue weighted by molar-refractivity contribution is 9.10. The number of aryl methyl sites for hydroxylation is 1. The number of primary amides is 1. The van der Waals surface area contributed by atoms with Crippen molar-refractivity contribution in [2.75, 3.05) is 19.8 Å². The summed E-state index contributed by atoms with van der Waals surface area (Å²) in [5, 5.41) is 0.